The molecule has 6 nitrogen and oxygen atoms in total. The van der Waals surface area contributed by atoms with E-state index in [0.29, 0.717) is 23.9 Å². The highest BCUT2D eigenvalue weighted by Crippen LogP contribution is 2.21. The van der Waals surface area contributed by atoms with Crippen molar-refractivity contribution in [3.8, 4) is 0 Å². The van der Waals surface area contributed by atoms with Crippen molar-refractivity contribution in [1.82, 2.24) is 20.5 Å². The number of nitrogens with zero attached hydrogens (tertiary/aromatic N) is 2. The third-order valence-corrected chi connectivity index (χ3v) is 4.31. The molecular formula is C15H17ClN4O2. The van der Waals surface area contributed by atoms with E-state index >= 15 is 0 Å². The molecule has 0 aliphatic carbocycles. The van der Waals surface area contributed by atoms with E-state index in [1.54, 1.807) is 19.3 Å². The molecule has 0 radical (unpaired) electrons. The fourth-order valence-electron chi connectivity index (χ4n) is 2.58. The Hall–Kier alpha value is -1.92. The quantitative estimate of drug-likeness (QED) is 0.899. The van der Waals surface area contributed by atoms with Crippen LogP contribution in [0, 0.1) is 12.8 Å². The van der Waals surface area contributed by atoms with Crippen LogP contribution in [0.3, 0.4) is 0 Å². The molecule has 0 saturated carbocycles. The molecule has 0 aromatic carbocycles. The number of aromatic amines is 1. The number of amides is 1. The molecule has 0 bridgehead atoms. The number of carbonyl (C=O) groups is 1. The van der Waals surface area contributed by atoms with Crippen LogP contribution >= 0.6 is 11.6 Å². The lowest BCUT2D eigenvalue weighted by molar-refractivity contribution is 0.0920. The maximum atomic E-state index is 12.3. The molecule has 3 heterocycles. The fourth-order valence-corrected chi connectivity index (χ4v) is 2.75. The zero-order valence-electron chi connectivity index (χ0n) is 12.2. The highest BCUT2D eigenvalue weighted by Gasteiger charge is 2.31. The van der Waals surface area contributed by atoms with Gasteiger partial charge in [-0.15, -0.1) is 0 Å². The Morgan fingerprint density at radius 1 is 1.45 bits per heavy atom. The molecule has 1 amide bonds. The Labute approximate surface area is 133 Å². The normalized spacial score (nSPS) is 21.0. The van der Waals surface area contributed by atoms with Crippen LogP contribution in [0.25, 0.3) is 0 Å². The lowest BCUT2D eigenvalue weighted by atomic mass is 9.95. The summed E-state index contributed by atoms with van der Waals surface area (Å²) in [5.74, 6) is -0.0465. The second kappa shape index (κ2) is 6.46. The Balaban J connectivity index is 1.66. The molecule has 116 valence electrons. The molecular weight excluding hydrogens is 304 g/mol. The molecule has 1 saturated heterocycles. The van der Waals surface area contributed by atoms with Gasteiger partial charge in [-0.05, 0) is 31.0 Å². The molecule has 1 aliphatic heterocycles. The van der Waals surface area contributed by atoms with Gasteiger partial charge in [-0.2, -0.15) is 5.10 Å². The molecule has 2 aromatic heterocycles. The van der Waals surface area contributed by atoms with Gasteiger partial charge in [0.1, 0.15) is 0 Å². The first-order valence-electron chi connectivity index (χ1n) is 7.13. The van der Waals surface area contributed by atoms with Crippen LogP contribution in [0.1, 0.15) is 21.7 Å². The summed E-state index contributed by atoms with van der Waals surface area (Å²) in [6, 6.07) is 3.91. The Bertz CT molecular complexity index is 659. The van der Waals surface area contributed by atoms with Gasteiger partial charge in [0.05, 0.1) is 30.0 Å². The van der Waals surface area contributed by atoms with E-state index in [2.05, 4.69) is 20.5 Å². The van der Waals surface area contributed by atoms with Crippen LogP contribution in [0.2, 0.25) is 5.02 Å². The van der Waals surface area contributed by atoms with Crippen molar-refractivity contribution >= 4 is 17.5 Å². The summed E-state index contributed by atoms with van der Waals surface area (Å²) in [6.45, 7) is 2.90. The van der Waals surface area contributed by atoms with Gasteiger partial charge in [0.25, 0.3) is 5.91 Å². The average molecular weight is 321 g/mol. The van der Waals surface area contributed by atoms with Crippen molar-refractivity contribution in [3.63, 3.8) is 0 Å². The van der Waals surface area contributed by atoms with Gasteiger partial charge in [-0.25, -0.2) is 0 Å². The molecule has 2 N–H and O–H groups in total. The third-order valence-electron chi connectivity index (χ3n) is 3.85. The molecule has 2 atom stereocenters. The zero-order chi connectivity index (χ0) is 15.5. The molecule has 2 aromatic rings. The van der Waals surface area contributed by atoms with Gasteiger partial charge in [0.2, 0.25) is 0 Å². The van der Waals surface area contributed by atoms with E-state index in [1.165, 1.54) is 5.56 Å². The minimum atomic E-state index is -0.274. The Kier molecular flexibility index (Phi) is 4.40. The third kappa shape index (κ3) is 3.13. The highest BCUT2D eigenvalue weighted by atomic mass is 35.5. The first-order chi connectivity index (χ1) is 10.6. The number of halogens is 1. The highest BCUT2D eigenvalue weighted by molar-refractivity contribution is 6.34. The van der Waals surface area contributed by atoms with Crippen LogP contribution in [0.4, 0.5) is 0 Å². The lowest BCUT2D eigenvalue weighted by Crippen LogP contribution is -2.40. The largest absolute Gasteiger partial charge is 0.379 e. The van der Waals surface area contributed by atoms with Gasteiger partial charge < -0.3 is 10.1 Å². The number of H-pyrrole nitrogens is 1. The van der Waals surface area contributed by atoms with E-state index in [4.69, 9.17) is 16.3 Å². The average Bonchev–Trinajstić information content (AvgIpc) is 3.08. The summed E-state index contributed by atoms with van der Waals surface area (Å²) in [6.07, 6.45) is 4.37. The molecule has 7 heteroatoms. The van der Waals surface area contributed by atoms with Gasteiger partial charge in [-0.3, -0.25) is 14.9 Å². The molecule has 0 spiro atoms. The smallest absolute Gasteiger partial charge is 0.273 e. The summed E-state index contributed by atoms with van der Waals surface area (Å²) in [5, 5.41) is 10.00. The van der Waals surface area contributed by atoms with Crippen molar-refractivity contribution in [2.24, 2.45) is 5.92 Å². The minimum Gasteiger partial charge on any atom is -0.379 e. The van der Waals surface area contributed by atoms with Crippen molar-refractivity contribution in [3.05, 3.63) is 46.5 Å². The predicted octanol–water partition coefficient (Wildman–Crippen LogP) is 1.75. The minimum absolute atomic E-state index is 0.0475. The number of hydrogen-bond donors (Lipinski definition) is 2. The maximum Gasteiger partial charge on any atom is 0.273 e. The van der Waals surface area contributed by atoms with Crippen molar-refractivity contribution in [1.29, 1.82) is 0 Å². The van der Waals surface area contributed by atoms with E-state index < -0.39 is 0 Å². The number of carbonyl (C=O) groups excluding carboxylic acids is 1. The second-order valence-corrected chi connectivity index (χ2v) is 5.83. The van der Waals surface area contributed by atoms with Gasteiger partial charge in [-0.1, -0.05) is 11.6 Å². The van der Waals surface area contributed by atoms with E-state index in [9.17, 15) is 4.79 Å². The SMILES string of the molecule is Cc1[nH]nc(C(=O)N[C@@H]2COC[C@H]2Cc2ccncc2)c1Cl. The number of rotatable bonds is 4. The van der Waals surface area contributed by atoms with E-state index in [1.807, 2.05) is 12.1 Å². The summed E-state index contributed by atoms with van der Waals surface area (Å²) >= 11 is 6.06. The Morgan fingerprint density at radius 2 is 2.23 bits per heavy atom. The standard InChI is InChI=1S/C15H17ClN4O2/c1-9-13(16)14(20-19-9)15(21)18-12-8-22-7-11(12)6-10-2-4-17-5-3-10/h2-5,11-12H,6-8H2,1H3,(H,18,21)(H,19,20)/t11-,12-/m1/s1. The first kappa shape index (κ1) is 15.0. The number of ether oxygens (including phenoxy) is 1. The summed E-state index contributed by atoms with van der Waals surface area (Å²) in [4.78, 5) is 16.3. The van der Waals surface area contributed by atoms with E-state index in [-0.39, 0.29) is 23.6 Å². The lowest BCUT2D eigenvalue weighted by Gasteiger charge is -2.18. The van der Waals surface area contributed by atoms with Crippen molar-refractivity contribution in [2.45, 2.75) is 19.4 Å². The van der Waals surface area contributed by atoms with Crippen molar-refractivity contribution < 1.29 is 9.53 Å². The summed E-state index contributed by atoms with van der Waals surface area (Å²) in [7, 11) is 0. The second-order valence-electron chi connectivity index (χ2n) is 5.45. The monoisotopic (exact) mass is 320 g/mol. The van der Waals surface area contributed by atoms with Crippen LogP contribution in [0.15, 0.2) is 24.5 Å². The van der Waals surface area contributed by atoms with Crippen LogP contribution < -0.4 is 5.32 Å². The van der Waals surface area contributed by atoms with Crippen LogP contribution in [-0.2, 0) is 11.2 Å². The van der Waals surface area contributed by atoms with Crippen LogP contribution in [-0.4, -0.2) is 40.3 Å². The maximum absolute atomic E-state index is 12.3. The summed E-state index contributed by atoms with van der Waals surface area (Å²) < 4.78 is 5.52. The van der Waals surface area contributed by atoms with Gasteiger partial charge in [0.15, 0.2) is 5.69 Å². The number of aryl methyl sites for hydroxylation is 1. The summed E-state index contributed by atoms with van der Waals surface area (Å²) in [5.41, 5.74) is 2.09. The predicted molar refractivity (Wildman–Crippen MR) is 81.8 cm³/mol. The molecule has 1 fully saturated rings. The molecule has 0 unspecified atom stereocenters. The van der Waals surface area contributed by atoms with E-state index in [0.717, 1.165) is 6.42 Å². The van der Waals surface area contributed by atoms with Crippen molar-refractivity contribution in [2.75, 3.05) is 13.2 Å². The zero-order valence-corrected chi connectivity index (χ0v) is 12.9. The number of pyridine rings is 1. The Morgan fingerprint density at radius 3 is 2.91 bits per heavy atom. The van der Waals surface area contributed by atoms with Crippen LogP contribution in [0.5, 0.6) is 0 Å². The number of aromatic nitrogens is 3. The topological polar surface area (TPSA) is 79.9 Å². The molecule has 3 rings (SSSR count). The fraction of sp³-hybridized carbons (Fsp3) is 0.400. The number of nitrogens with one attached hydrogen (secondary N) is 2. The van der Waals surface area contributed by atoms with Gasteiger partial charge >= 0.3 is 0 Å². The van der Waals surface area contributed by atoms with Gasteiger partial charge in [0, 0.05) is 18.3 Å². The molecule has 1 aliphatic rings. The molecule has 22 heavy (non-hydrogen) atoms. The number of hydrogen-bond acceptors (Lipinski definition) is 4. The first-order valence-corrected chi connectivity index (χ1v) is 7.51.